The van der Waals surface area contributed by atoms with Crippen molar-refractivity contribution in [2.45, 2.75) is 6.92 Å². The lowest BCUT2D eigenvalue weighted by molar-refractivity contribution is 0.0531. The molecule has 0 fully saturated rings. The molecule has 0 N–H and O–H groups in total. The molecule has 5 rings (SSSR count). The number of aromatic nitrogens is 1. The van der Waals surface area contributed by atoms with Crippen LogP contribution in [0.5, 0.6) is 0 Å². The van der Waals surface area contributed by atoms with Crippen LogP contribution in [0.4, 0.5) is 4.39 Å². The minimum Gasteiger partial charge on any atom is -0.462 e. The Morgan fingerprint density at radius 2 is 1.55 bits per heavy atom. The lowest BCUT2D eigenvalue weighted by Crippen LogP contribution is -2.05. The Hall–Kier alpha value is -3.66. The van der Waals surface area contributed by atoms with Crippen LogP contribution in [0.2, 0.25) is 0 Å². The van der Waals surface area contributed by atoms with E-state index in [1.165, 1.54) is 12.1 Å². The van der Waals surface area contributed by atoms with Gasteiger partial charge in [-0.25, -0.2) is 9.18 Å². The fraction of sp³-hybridized carbons (Fsp3) is 0.0800. The lowest BCUT2D eigenvalue weighted by Gasteiger charge is -2.11. The summed E-state index contributed by atoms with van der Waals surface area (Å²) in [6.45, 7) is 2.12. The van der Waals surface area contributed by atoms with Crippen LogP contribution in [-0.4, -0.2) is 17.0 Å². The SMILES string of the molecule is CCOC(=O)c1c2ccccc2n2cc(-c3ccc(F)cc3)c3ccccc3c12. The molecule has 5 aromatic rings. The normalized spacial score (nSPS) is 11.4. The number of fused-ring (bicyclic) bond motifs is 5. The van der Waals surface area contributed by atoms with Gasteiger partial charge in [0.1, 0.15) is 5.82 Å². The molecule has 3 aromatic carbocycles. The van der Waals surface area contributed by atoms with E-state index in [0.717, 1.165) is 38.3 Å². The summed E-state index contributed by atoms with van der Waals surface area (Å²) in [6.07, 6.45) is 2.02. The number of ether oxygens (including phenoxy) is 1. The van der Waals surface area contributed by atoms with Gasteiger partial charge in [-0.2, -0.15) is 0 Å². The van der Waals surface area contributed by atoms with Gasteiger partial charge in [0, 0.05) is 22.5 Å². The first kappa shape index (κ1) is 17.4. The molecule has 0 bridgehead atoms. The van der Waals surface area contributed by atoms with Crippen LogP contribution in [0.3, 0.4) is 0 Å². The summed E-state index contributed by atoms with van der Waals surface area (Å²) in [6, 6.07) is 22.3. The highest BCUT2D eigenvalue weighted by Crippen LogP contribution is 2.37. The topological polar surface area (TPSA) is 30.7 Å². The molecule has 0 unspecified atom stereocenters. The third-order valence-corrected chi connectivity index (χ3v) is 5.28. The van der Waals surface area contributed by atoms with Gasteiger partial charge in [0.25, 0.3) is 0 Å². The van der Waals surface area contributed by atoms with Gasteiger partial charge in [0.2, 0.25) is 0 Å². The molecular formula is C25H18FNO2. The average Bonchev–Trinajstić information content (AvgIpc) is 3.09. The van der Waals surface area contributed by atoms with Gasteiger partial charge in [0.15, 0.2) is 0 Å². The number of carbonyl (C=O) groups excluding carboxylic acids is 1. The first-order chi connectivity index (χ1) is 14.2. The van der Waals surface area contributed by atoms with Crippen LogP contribution < -0.4 is 0 Å². The van der Waals surface area contributed by atoms with Crippen molar-refractivity contribution in [2.75, 3.05) is 6.61 Å². The summed E-state index contributed by atoms with van der Waals surface area (Å²) in [5, 5.41) is 2.81. The Morgan fingerprint density at radius 1 is 0.897 bits per heavy atom. The quantitative estimate of drug-likeness (QED) is 0.346. The molecule has 3 nitrogen and oxygen atoms in total. The molecule has 0 aliphatic heterocycles. The molecule has 0 atom stereocenters. The van der Waals surface area contributed by atoms with E-state index in [2.05, 4.69) is 0 Å². The molecule has 0 saturated heterocycles. The molecule has 0 spiro atoms. The Morgan fingerprint density at radius 3 is 2.28 bits per heavy atom. The molecular weight excluding hydrogens is 365 g/mol. The molecule has 0 amide bonds. The average molecular weight is 383 g/mol. The number of para-hydroxylation sites is 1. The Bertz CT molecular complexity index is 1380. The number of carbonyl (C=O) groups is 1. The number of hydrogen-bond acceptors (Lipinski definition) is 2. The number of nitrogens with zero attached hydrogens (tertiary/aromatic N) is 1. The van der Waals surface area contributed by atoms with Crippen LogP contribution in [0.1, 0.15) is 17.3 Å². The minimum atomic E-state index is -0.328. The van der Waals surface area contributed by atoms with Gasteiger partial charge in [-0.3, -0.25) is 0 Å². The maximum atomic E-state index is 13.5. The zero-order chi connectivity index (χ0) is 20.0. The number of hydrogen-bond donors (Lipinski definition) is 0. The van der Waals surface area contributed by atoms with Crippen LogP contribution in [-0.2, 0) is 4.74 Å². The number of benzene rings is 3. The van der Waals surface area contributed by atoms with Gasteiger partial charge in [-0.15, -0.1) is 0 Å². The van der Waals surface area contributed by atoms with Crippen LogP contribution >= 0.6 is 0 Å². The maximum absolute atomic E-state index is 13.5. The standard InChI is InChI=1S/C25H18FNO2/c1-2-29-25(28)23-20-9-5-6-10-22(20)27-15-21(16-11-13-17(26)14-12-16)18-7-3-4-8-19(18)24(23)27/h3-15H,2H2,1H3. The Kier molecular flexibility index (Phi) is 4.06. The summed E-state index contributed by atoms with van der Waals surface area (Å²) >= 11 is 0. The second kappa shape index (κ2) is 6.74. The third-order valence-electron chi connectivity index (χ3n) is 5.28. The van der Waals surface area contributed by atoms with Crippen LogP contribution in [0, 0.1) is 5.82 Å². The van der Waals surface area contributed by atoms with Gasteiger partial charge in [0.05, 0.1) is 23.2 Å². The third kappa shape index (κ3) is 2.68. The maximum Gasteiger partial charge on any atom is 0.340 e. The number of esters is 1. The van der Waals surface area contributed by atoms with E-state index in [0.29, 0.717) is 12.2 Å². The predicted molar refractivity (Wildman–Crippen MR) is 114 cm³/mol. The predicted octanol–water partition coefficient (Wildman–Crippen LogP) is 6.23. The van der Waals surface area contributed by atoms with Crippen molar-refractivity contribution in [2.24, 2.45) is 0 Å². The molecule has 0 radical (unpaired) electrons. The summed E-state index contributed by atoms with van der Waals surface area (Å²) < 4.78 is 20.9. The first-order valence-electron chi connectivity index (χ1n) is 9.56. The van der Waals surface area contributed by atoms with Crippen molar-refractivity contribution in [1.82, 2.24) is 4.40 Å². The zero-order valence-electron chi connectivity index (χ0n) is 15.9. The van der Waals surface area contributed by atoms with E-state index >= 15 is 0 Å². The first-order valence-corrected chi connectivity index (χ1v) is 9.56. The second-order valence-corrected chi connectivity index (χ2v) is 6.93. The van der Waals surface area contributed by atoms with Crippen LogP contribution in [0.25, 0.3) is 38.3 Å². The summed E-state index contributed by atoms with van der Waals surface area (Å²) in [7, 11) is 0. The van der Waals surface area contributed by atoms with Crippen molar-refractivity contribution in [3.63, 3.8) is 0 Å². The largest absolute Gasteiger partial charge is 0.462 e. The van der Waals surface area contributed by atoms with Crippen LogP contribution in [0.15, 0.2) is 79.0 Å². The lowest BCUT2D eigenvalue weighted by atomic mass is 9.99. The fourth-order valence-electron chi connectivity index (χ4n) is 4.05. The second-order valence-electron chi connectivity index (χ2n) is 6.93. The molecule has 2 heterocycles. The number of halogens is 1. The number of rotatable bonds is 3. The van der Waals surface area contributed by atoms with Crippen molar-refractivity contribution in [3.05, 3.63) is 90.4 Å². The van der Waals surface area contributed by atoms with E-state index in [1.54, 1.807) is 12.1 Å². The molecule has 2 aromatic heterocycles. The minimum absolute atomic E-state index is 0.268. The summed E-state index contributed by atoms with van der Waals surface area (Å²) in [5.41, 5.74) is 4.22. The Labute approximate surface area is 167 Å². The van der Waals surface area contributed by atoms with E-state index in [-0.39, 0.29) is 11.8 Å². The van der Waals surface area contributed by atoms with Crippen molar-refractivity contribution in [1.29, 1.82) is 0 Å². The highest BCUT2D eigenvalue weighted by atomic mass is 19.1. The van der Waals surface area contributed by atoms with Crippen molar-refractivity contribution >= 4 is 33.2 Å². The molecule has 29 heavy (non-hydrogen) atoms. The smallest absolute Gasteiger partial charge is 0.340 e. The van der Waals surface area contributed by atoms with Gasteiger partial charge >= 0.3 is 5.97 Å². The van der Waals surface area contributed by atoms with Gasteiger partial charge in [-0.05, 0) is 36.1 Å². The van der Waals surface area contributed by atoms with E-state index in [1.807, 2.05) is 66.1 Å². The Balaban J connectivity index is 1.97. The molecule has 0 aliphatic rings. The monoisotopic (exact) mass is 383 g/mol. The molecule has 0 aliphatic carbocycles. The van der Waals surface area contributed by atoms with Crippen molar-refractivity contribution in [3.8, 4) is 11.1 Å². The van der Waals surface area contributed by atoms with E-state index in [4.69, 9.17) is 4.74 Å². The fourth-order valence-corrected chi connectivity index (χ4v) is 4.05. The van der Waals surface area contributed by atoms with E-state index < -0.39 is 0 Å². The van der Waals surface area contributed by atoms with E-state index in [9.17, 15) is 9.18 Å². The molecule has 4 heteroatoms. The zero-order valence-corrected chi connectivity index (χ0v) is 15.9. The molecule has 0 saturated carbocycles. The summed E-state index contributed by atoms with van der Waals surface area (Å²) in [5.74, 6) is -0.596. The molecule has 142 valence electrons. The highest BCUT2D eigenvalue weighted by Gasteiger charge is 2.22. The van der Waals surface area contributed by atoms with Gasteiger partial charge in [-0.1, -0.05) is 54.6 Å². The van der Waals surface area contributed by atoms with Crippen molar-refractivity contribution < 1.29 is 13.9 Å². The highest BCUT2D eigenvalue weighted by molar-refractivity contribution is 6.19. The number of pyridine rings is 1. The summed E-state index contributed by atoms with van der Waals surface area (Å²) in [4.78, 5) is 12.9. The van der Waals surface area contributed by atoms with Gasteiger partial charge < -0.3 is 9.14 Å².